The van der Waals surface area contributed by atoms with Crippen LogP contribution in [-0.4, -0.2) is 30.6 Å². The third-order valence-corrected chi connectivity index (χ3v) is 2.86. The van der Waals surface area contributed by atoms with E-state index in [0.29, 0.717) is 0 Å². The second-order valence-electron chi connectivity index (χ2n) is 4.58. The molecule has 1 amide bonds. The van der Waals surface area contributed by atoms with Gasteiger partial charge in [-0.1, -0.05) is 0 Å². The Morgan fingerprint density at radius 2 is 2.10 bits per heavy atom. The van der Waals surface area contributed by atoms with E-state index in [1.807, 2.05) is 27.0 Å². The summed E-state index contributed by atoms with van der Waals surface area (Å²) in [5.74, 6) is -0.245. The minimum Gasteiger partial charge on any atom is -0.329 e. The monoisotopic (exact) mass is 307 g/mol. The highest BCUT2D eigenvalue weighted by molar-refractivity contribution is 7.80. The molecule has 21 heavy (non-hydrogen) atoms. The molecular weight excluding hydrogens is 290 g/mol. The van der Waals surface area contributed by atoms with Gasteiger partial charge in [0.15, 0.2) is 5.11 Å². The summed E-state index contributed by atoms with van der Waals surface area (Å²) < 4.78 is 3.23. The van der Waals surface area contributed by atoms with E-state index in [4.69, 9.17) is 12.2 Å². The molecule has 8 nitrogen and oxygen atoms in total. The lowest BCUT2D eigenvalue weighted by atomic mass is 10.4. The average Bonchev–Trinajstić information content (AvgIpc) is 2.93. The van der Waals surface area contributed by atoms with Crippen molar-refractivity contribution in [2.24, 2.45) is 7.05 Å². The minimum absolute atomic E-state index is 0.120. The lowest BCUT2D eigenvalue weighted by Gasteiger charge is -2.10. The number of hydrogen-bond acceptors (Lipinski definition) is 4. The number of aryl methyl sites for hydroxylation is 3. The zero-order chi connectivity index (χ0) is 15.4. The van der Waals surface area contributed by atoms with Crippen molar-refractivity contribution < 1.29 is 4.79 Å². The predicted octanol–water partition coefficient (Wildman–Crippen LogP) is 0.251. The first-order valence-electron chi connectivity index (χ1n) is 6.30. The molecule has 0 saturated heterocycles. The molecule has 0 aliphatic rings. The molecule has 112 valence electrons. The fourth-order valence-electron chi connectivity index (χ4n) is 1.74. The van der Waals surface area contributed by atoms with Crippen LogP contribution in [0, 0.1) is 13.8 Å². The number of aromatic nitrogens is 4. The Morgan fingerprint density at radius 1 is 1.33 bits per heavy atom. The molecular formula is C12H17N7OS. The van der Waals surface area contributed by atoms with Crippen LogP contribution in [0.3, 0.4) is 0 Å². The van der Waals surface area contributed by atoms with Crippen molar-refractivity contribution in [3.63, 3.8) is 0 Å². The van der Waals surface area contributed by atoms with Crippen LogP contribution < -0.4 is 16.2 Å². The molecule has 9 heteroatoms. The number of hydrazine groups is 1. The third kappa shape index (κ3) is 4.28. The molecule has 0 radical (unpaired) electrons. The van der Waals surface area contributed by atoms with Crippen molar-refractivity contribution in [2.75, 3.05) is 5.32 Å². The fourth-order valence-corrected chi connectivity index (χ4v) is 1.90. The molecule has 2 aromatic heterocycles. The number of hydrogen-bond donors (Lipinski definition) is 3. The Kier molecular flexibility index (Phi) is 4.53. The van der Waals surface area contributed by atoms with E-state index in [2.05, 4.69) is 26.4 Å². The van der Waals surface area contributed by atoms with Crippen LogP contribution in [0.2, 0.25) is 0 Å². The Balaban J connectivity index is 1.78. The molecule has 0 aliphatic carbocycles. The van der Waals surface area contributed by atoms with E-state index in [1.165, 1.54) is 0 Å². The van der Waals surface area contributed by atoms with E-state index >= 15 is 0 Å². The number of carbonyl (C=O) groups is 1. The highest BCUT2D eigenvalue weighted by Gasteiger charge is 2.07. The SMILES string of the molecule is Cc1ccn(CC(=O)NNC(=S)Nc2cn(C)nc2C)n1. The van der Waals surface area contributed by atoms with Crippen molar-refractivity contribution in [2.45, 2.75) is 20.4 Å². The summed E-state index contributed by atoms with van der Waals surface area (Å²) in [5, 5.41) is 11.6. The van der Waals surface area contributed by atoms with Crippen molar-refractivity contribution in [3.8, 4) is 0 Å². The summed E-state index contributed by atoms with van der Waals surface area (Å²) in [5.41, 5.74) is 7.61. The molecule has 2 heterocycles. The van der Waals surface area contributed by atoms with Gasteiger partial charge in [0.1, 0.15) is 6.54 Å². The standard InChI is InChI=1S/C12H17N7OS/c1-8-4-5-19(16-8)7-11(20)14-15-12(21)13-10-6-18(3)17-9(10)2/h4-6H,7H2,1-3H3,(H,14,20)(H2,13,15,21). The average molecular weight is 307 g/mol. The first-order valence-corrected chi connectivity index (χ1v) is 6.71. The van der Waals surface area contributed by atoms with Gasteiger partial charge in [0.2, 0.25) is 0 Å². The first-order chi connectivity index (χ1) is 9.94. The van der Waals surface area contributed by atoms with Gasteiger partial charge >= 0.3 is 0 Å². The molecule has 3 N–H and O–H groups in total. The van der Waals surface area contributed by atoms with E-state index in [9.17, 15) is 4.79 Å². The van der Waals surface area contributed by atoms with Gasteiger partial charge in [-0.25, -0.2) is 0 Å². The summed E-state index contributed by atoms with van der Waals surface area (Å²) in [6.45, 7) is 3.85. The maximum absolute atomic E-state index is 11.7. The maximum Gasteiger partial charge on any atom is 0.260 e. The summed E-state index contributed by atoms with van der Waals surface area (Å²) >= 11 is 5.10. The molecule has 0 fully saturated rings. The highest BCUT2D eigenvalue weighted by atomic mass is 32.1. The van der Waals surface area contributed by atoms with E-state index in [1.54, 1.807) is 21.8 Å². The summed E-state index contributed by atoms with van der Waals surface area (Å²) in [6, 6.07) is 1.83. The lowest BCUT2D eigenvalue weighted by Crippen LogP contribution is -2.45. The van der Waals surface area contributed by atoms with Gasteiger partial charge in [0.25, 0.3) is 5.91 Å². The minimum atomic E-state index is -0.245. The van der Waals surface area contributed by atoms with Crippen molar-refractivity contribution in [3.05, 3.63) is 29.8 Å². The van der Waals surface area contributed by atoms with Crippen LogP contribution in [0.1, 0.15) is 11.4 Å². The van der Waals surface area contributed by atoms with Gasteiger partial charge < -0.3 is 5.32 Å². The summed E-state index contributed by atoms with van der Waals surface area (Å²) in [6.07, 6.45) is 3.54. The van der Waals surface area contributed by atoms with Crippen LogP contribution in [-0.2, 0) is 18.4 Å². The molecule has 2 aromatic rings. The normalized spacial score (nSPS) is 10.2. The first kappa shape index (κ1) is 15.0. The number of rotatable bonds is 3. The number of carbonyl (C=O) groups excluding carboxylic acids is 1. The van der Waals surface area contributed by atoms with Crippen LogP contribution in [0.25, 0.3) is 0 Å². The lowest BCUT2D eigenvalue weighted by molar-refractivity contribution is -0.122. The van der Waals surface area contributed by atoms with Gasteiger partial charge in [-0.2, -0.15) is 10.2 Å². The quantitative estimate of drug-likeness (QED) is 0.556. The van der Waals surface area contributed by atoms with Gasteiger partial charge in [0.05, 0.1) is 17.1 Å². The Hall–Kier alpha value is -2.42. The molecule has 0 spiro atoms. The number of nitrogens with zero attached hydrogens (tertiary/aromatic N) is 4. The number of amides is 1. The van der Waals surface area contributed by atoms with Crippen molar-refractivity contribution in [1.82, 2.24) is 30.4 Å². The zero-order valence-corrected chi connectivity index (χ0v) is 12.9. The molecule has 0 atom stereocenters. The van der Waals surface area contributed by atoms with Crippen LogP contribution in [0.5, 0.6) is 0 Å². The molecule has 0 aromatic carbocycles. The second kappa shape index (κ2) is 6.35. The van der Waals surface area contributed by atoms with Crippen LogP contribution >= 0.6 is 12.2 Å². The zero-order valence-electron chi connectivity index (χ0n) is 12.0. The molecule has 0 saturated carbocycles. The largest absolute Gasteiger partial charge is 0.329 e. The van der Waals surface area contributed by atoms with Crippen LogP contribution in [0.15, 0.2) is 18.5 Å². The number of anilines is 1. The second-order valence-corrected chi connectivity index (χ2v) is 4.99. The maximum atomic E-state index is 11.7. The Labute approximate surface area is 127 Å². The van der Waals surface area contributed by atoms with Crippen LogP contribution in [0.4, 0.5) is 5.69 Å². The summed E-state index contributed by atoms with van der Waals surface area (Å²) in [7, 11) is 1.82. The van der Waals surface area contributed by atoms with E-state index in [0.717, 1.165) is 17.1 Å². The number of nitrogens with one attached hydrogen (secondary N) is 3. The topological polar surface area (TPSA) is 88.8 Å². The van der Waals surface area contributed by atoms with Gasteiger partial charge in [0, 0.05) is 19.4 Å². The molecule has 2 rings (SSSR count). The highest BCUT2D eigenvalue weighted by Crippen LogP contribution is 2.10. The van der Waals surface area contributed by atoms with Crippen molar-refractivity contribution >= 4 is 28.9 Å². The van der Waals surface area contributed by atoms with Gasteiger partial charge in [-0.3, -0.25) is 25.0 Å². The predicted molar refractivity (Wildman–Crippen MR) is 82.4 cm³/mol. The molecule has 0 bridgehead atoms. The third-order valence-electron chi connectivity index (χ3n) is 2.66. The Bertz CT molecular complexity index is 660. The van der Waals surface area contributed by atoms with Gasteiger partial charge in [-0.05, 0) is 32.1 Å². The molecule has 0 unspecified atom stereocenters. The molecule has 0 aliphatic heterocycles. The van der Waals surface area contributed by atoms with Gasteiger partial charge in [-0.15, -0.1) is 0 Å². The fraction of sp³-hybridized carbons (Fsp3) is 0.333. The van der Waals surface area contributed by atoms with Crippen molar-refractivity contribution in [1.29, 1.82) is 0 Å². The number of thiocarbonyl (C=S) groups is 1. The summed E-state index contributed by atoms with van der Waals surface area (Å²) in [4.78, 5) is 11.7. The van der Waals surface area contributed by atoms with E-state index in [-0.39, 0.29) is 17.6 Å². The Morgan fingerprint density at radius 3 is 2.67 bits per heavy atom. The van der Waals surface area contributed by atoms with E-state index < -0.39 is 0 Å². The smallest absolute Gasteiger partial charge is 0.260 e.